The van der Waals surface area contributed by atoms with Gasteiger partial charge in [0, 0.05) is 49.3 Å². The number of nitrogens with zero attached hydrogens (tertiary/aromatic N) is 1. The van der Waals surface area contributed by atoms with Gasteiger partial charge in [0.1, 0.15) is 33.5 Å². The Hall–Kier alpha value is -7.82. The molecule has 0 radical (unpaired) electrons. The van der Waals surface area contributed by atoms with Crippen LogP contribution in [-0.2, 0) is 0 Å². The summed E-state index contributed by atoms with van der Waals surface area (Å²) in [6.45, 7) is 0. The third kappa shape index (κ3) is 5.02. The SMILES string of the molecule is c1ccc(N(c2ccc(-c3ccc(-c4cccc5c4oc4ccccc45)cc3)cc2)c2cccc3oc4ccccc4c23)c(-c2cccc3c2oc2ccccc23)c1. The van der Waals surface area contributed by atoms with Crippen molar-refractivity contribution in [2.45, 2.75) is 0 Å². The highest BCUT2D eigenvalue weighted by Gasteiger charge is 2.23. The monoisotopic (exact) mass is 743 g/mol. The summed E-state index contributed by atoms with van der Waals surface area (Å²) in [5, 5.41) is 6.61. The molecular weight excluding hydrogens is 711 g/mol. The Labute approximate surface area is 333 Å². The summed E-state index contributed by atoms with van der Waals surface area (Å²) in [5.74, 6) is 0. The quantitative estimate of drug-likeness (QED) is 0.170. The first-order chi connectivity index (χ1) is 28.8. The highest BCUT2D eigenvalue weighted by atomic mass is 16.3. The van der Waals surface area contributed by atoms with E-state index < -0.39 is 0 Å². The van der Waals surface area contributed by atoms with Gasteiger partial charge in [0.25, 0.3) is 0 Å². The van der Waals surface area contributed by atoms with Gasteiger partial charge in [-0.25, -0.2) is 0 Å². The molecule has 0 atom stereocenters. The Kier molecular flexibility index (Phi) is 7.20. The van der Waals surface area contributed by atoms with Gasteiger partial charge >= 0.3 is 0 Å². The van der Waals surface area contributed by atoms with Gasteiger partial charge in [0.15, 0.2) is 0 Å². The molecule has 0 unspecified atom stereocenters. The molecule has 12 rings (SSSR count). The highest BCUT2D eigenvalue weighted by Crippen LogP contribution is 2.48. The van der Waals surface area contributed by atoms with Crippen LogP contribution < -0.4 is 4.90 Å². The second-order valence-electron chi connectivity index (χ2n) is 14.8. The van der Waals surface area contributed by atoms with Crippen LogP contribution in [0.15, 0.2) is 213 Å². The van der Waals surface area contributed by atoms with E-state index in [0.29, 0.717) is 0 Å². The number of hydrogen-bond acceptors (Lipinski definition) is 4. The van der Waals surface area contributed by atoms with Crippen LogP contribution in [-0.4, -0.2) is 0 Å². The van der Waals surface area contributed by atoms with Gasteiger partial charge in [-0.1, -0.05) is 152 Å². The fraction of sp³-hybridized carbons (Fsp3) is 0. The van der Waals surface area contributed by atoms with Crippen LogP contribution >= 0.6 is 0 Å². The summed E-state index contributed by atoms with van der Waals surface area (Å²) < 4.78 is 19.4. The van der Waals surface area contributed by atoms with E-state index in [9.17, 15) is 0 Å². The van der Waals surface area contributed by atoms with E-state index in [2.05, 4.69) is 169 Å². The number of hydrogen-bond donors (Lipinski definition) is 0. The van der Waals surface area contributed by atoms with E-state index in [1.165, 1.54) is 0 Å². The number of anilines is 3. The first-order valence-electron chi connectivity index (χ1n) is 19.6. The van der Waals surface area contributed by atoms with Crippen molar-refractivity contribution < 1.29 is 13.3 Å². The Balaban J connectivity index is 0.995. The number of benzene rings is 9. The van der Waals surface area contributed by atoms with Gasteiger partial charge in [-0.2, -0.15) is 0 Å². The minimum Gasteiger partial charge on any atom is -0.456 e. The maximum atomic E-state index is 6.60. The van der Waals surface area contributed by atoms with E-state index >= 15 is 0 Å². The third-order valence-corrected chi connectivity index (χ3v) is 11.5. The topological polar surface area (TPSA) is 42.7 Å². The first-order valence-corrected chi connectivity index (χ1v) is 19.6. The molecule has 0 aliphatic carbocycles. The van der Waals surface area contributed by atoms with Crippen LogP contribution in [0.5, 0.6) is 0 Å². The summed E-state index contributed by atoms with van der Waals surface area (Å²) in [5.41, 5.74) is 14.9. The fourth-order valence-electron chi connectivity index (χ4n) is 8.83. The lowest BCUT2D eigenvalue weighted by molar-refractivity contribution is 0.668. The molecule has 0 saturated carbocycles. The predicted octanol–water partition coefficient (Wildman–Crippen LogP) is 15.9. The molecule has 0 aliphatic heterocycles. The van der Waals surface area contributed by atoms with E-state index in [-0.39, 0.29) is 0 Å². The van der Waals surface area contributed by atoms with Crippen LogP contribution in [0.2, 0.25) is 0 Å². The van der Waals surface area contributed by atoms with Crippen molar-refractivity contribution in [3.05, 3.63) is 200 Å². The zero-order valence-electron chi connectivity index (χ0n) is 31.2. The molecule has 9 aromatic carbocycles. The maximum absolute atomic E-state index is 6.60. The molecule has 0 fully saturated rings. The van der Waals surface area contributed by atoms with E-state index in [1.54, 1.807) is 0 Å². The van der Waals surface area contributed by atoms with Gasteiger partial charge in [0.2, 0.25) is 0 Å². The van der Waals surface area contributed by atoms with Crippen molar-refractivity contribution in [1.82, 2.24) is 0 Å². The molecule has 0 amide bonds. The van der Waals surface area contributed by atoms with Crippen molar-refractivity contribution in [1.29, 1.82) is 0 Å². The van der Waals surface area contributed by atoms with Crippen LogP contribution in [0, 0.1) is 0 Å². The second-order valence-corrected chi connectivity index (χ2v) is 14.8. The van der Waals surface area contributed by atoms with Gasteiger partial charge in [-0.15, -0.1) is 0 Å². The number of fused-ring (bicyclic) bond motifs is 9. The zero-order chi connectivity index (χ0) is 38.2. The standard InChI is InChI=1S/C54H33NO3/c1-5-20-46(39(12-1)42-17-10-19-44-41-14-3-7-23-49(41)58-54(42)44)55(47-21-11-25-51-52(47)45-15-4-8-24-50(45)56-51)37-32-30-35(31-33-37)34-26-28-36(29-27-34)38-16-9-18-43-40-13-2-6-22-48(40)57-53(38)43/h1-33H. The molecule has 0 bridgehead atoms. The molecule has 0 aliphatic rings. The molecule has 272 valence electrons. The molecule has 4 nitrogen and oxygen atoms in total. The summed E-state index contributed by atoms with van der Waals surface area (Å²) in [6.07, 6.45) is 0. The lowest BCUT2D eigenvalue weighted by atomic mass is 9.97. The smallest absolute Gasteiger partial charge is 0.143 e. The predicted molar refractivity (Wildman–Crippen MR) is 239 cm³/mol. The van der Waals surface area contributed by atoms with Gasteiger partial charge < -0.3 is 18.2 Å². The van der Waals surface area contributed by atoms with Gasteiger partial charge in [-0.3, -0.25) is 0 Å². The fourth-order valence-corrected chi connectivity index (χ4v) is 8.83. The molecule has 0 spiro atoms. The number of rotatable bonds is 6. The Morgan fingerprint density at radius 2 is 0.724 bits per heavy atom. The molecule has 3 heterocycles. The second kappa shape index (κ2) is 12.9. The van der Waals surface area contributed by atoms with Crippen LogP contribution in [0.1, 0.15) is 0 Å². The van der Waals surface area contributed by atoms with E-state index in [1.807, 2.05) is 36.4 Å². The summed E-state index contributed by atoms with van der Waals surface area (Å²) >= 11 is 0. The highest BCUT2D eigenvalue weighted by molar-refractivity contribution is 6.15. The minimum atomic E-state index is 0.843. The number of para-hydroxylation sites is 6. The Bertz CT molecular complexity index is 3510. The molecule has 3 aromatic heterocycles. The normalized spacial score (nSPS) is 11.8. The average Bonchev–Trinajstić information content (AvgIpc) is 3.99. The largest absolute Gasteiger partial charge is 0.456 e. The summed E-state index contributed by atoms with van der Waals surface area (Å²) in [7, 11) is 0. The average molecular weight is 744 g/mol. The van der Waals surface area contributed by atoms with Crippen molar-refractivity contribution in [2.75, 3.05) is 4.90 Å². The maximum Gasteiger partial charge on any atom is 0.143 e. The van der Waals surface area contributed by atoms with E-state index in [4.69, 9.17) is 13.3 Å². The molecule has 12 aromatic rings. The van der Waals surface area contributed by atoms with Crippen molar-refractivity contribution >= 4 is 82.9 Å². The van der Waals surface area contributed by atoms with Gasteiger partial charge in [0.05, 0.1) is 16.8 Å². The minimum absolute atomic E-state index is 0.843. The Morgan fingerprint density at radius 3 is 1.41 bits per heavy atom. The summed E-state index contributed by atoms with van der Waals surface area (Å²) in [6, 6.07) is 70.2. The Morgan fingerprint density at radius 1 is 0.276 bits per heavy atom. The van der Waals surface area contributed by atoms with Crippen molar-refractivity contribution in [3.63, 3.8) is 0 Å². The van der Waals surface area contributed by atoms with Crippen LogP contribution in [0.3, 0.4) is 0 Å². The summed E-state index contributed by atoms with van der Waals surface area (Å²) in [4.78, 5) is 2.36. The molecular formula is C54H33NO3. The molecule has 0 N–H and O–H groups in total. The first kappa shape index (κ1) is 32.4. The lowest BCUT2D eigenvalue weighted by Gasteiger charge is -2.28. The van der Waals surface area contributed by atoms with E-state index in [0.717, 1.165) is 116 Å². The molecule has 58 heavy (non-hydrogen) atoms. The third-order valence-electron chi connectivity index (χ3n) is 11.5. The van der Waals surface area contributed by atoms with Crippen LogP contribution in [0.4, 0.5) is 17.1 Å². The molecule has 0 saturated heterocycles. The van der Waals surface area contributed by atoms with Gasteiger partial charge in [-0.05, 0) is 65.2 Å². The zero-order valence-corrected chi connectivity index (χ0v) is 31.2. The lowest BCUT2D eigenvalue weighted by Crippen LogP contribution is -2.11. The van der Waals surface area contributed by atoms with Crippen LogP contribution in [0.25, 0.3) is 99.2 Å². The molecule has 4 heteroatoms. The van der Waals surface area contributed by atoms with Crippen molar-refractivity contribution in [2.24, 2.45) is 0 Å². The number of furan rings is 3. The van der Waals surface area contributed by atoms with Crippen molar-refractivity contribution in [3.8, 4) is 33.4 Å².